The van der Waals surface area contributed by atoms with Crippen molar-refractivity contribution in [2.24, 2.45) is 0 Å². The van der Waals surface area contributed by atoms with Gasteiger partial charge < -0.3 is 15.2 Å². The lowest BCUT2D eigenvalue weighted by atomic mass is 9.98. The first-order chi connectivity index (χ1) is 16.5. The largest absolute Gasteiger partial charge is 0.480 e. The molecule has 1 aliphatic carbocycles. The minimum atomic E-state index is -1.21. The minimum Gasteiger partial charge on any atom is -0.480 e. The SMILES string of the molecule is C=CCCC(NC(=O)c1nonc1NC(=O)OCC1c2ccccc2-c2ccccc21)C(=O)O. The number of allylic oxidation sites excluding steroid dienone is 1. The quantitative estimate of drug-likeness (QED) is 0.409. The van der Waals surface area contributed by atoms with Gasteiger partial charge in [-0.1, -0.05) is 54.6 Å². The summed E-state index contributed by atoms with van der Waals surface area (Å²) in [6, 6.07) is 14.7. The Morgan fingerprint density at radius 3 is 2.35 bits per heavy atom. The van der Waals surface area contributed by atoms with Gasteiger partial charge in [-0.25, -0.2) is 14.2 Å². The molecule has 1 aliphatic rings. The number of nitrogens with one attached hydrogen (secondary N) is 2. The van der Waals surface area contributed by atoms with Gasteiger partial charge in [0.05, 0.1) is 0 Å². The Kier molecular flexibility index (Phi) is 6.67. The van der Waals surface area contributed by atoms with Gasteiger partial charge in [0.2, 0.25) is 11.5 Å². The van der Waals surface area contributed by atoms with Crippen LogP contribution in [0.4, 0.5) is 10.6 Å². The molecule has 1 atom stereocenters. The second kappa shape index (κ2) is 9.99. The lowest BCUT2D eigenvalue weighted by Gasteiger charge is -2.14. The Hall–Kier alpha value is -4.47. The number of ether oxygens (including phenoxy) is 1. The zero-order valence-corrected chi connectivity index (χ0v) is 18.1. The molecule has 3 N–H and O–H groups in total. The third kappa shape index (κ3) is 4.65. The summed E-state index contributed by atoms with van der Waals surface area (Å²) in [7, 11) is 0. The highest BCUT2D eigenvalue weighted by molar-refractivity contribution is 6.01. The average molecular weight is 462 g/mol. The standard InChI is InChI=1S/C24H22N4O6/c1-2-3-12-19(23(30)31)25-22(29)20-21(28-34-27-20)26-24(32)33-13-18-16-10-6-4-8-14(16)15-9-5-7-11-17(15)18/h2,4-11,18-19H,1,3,12-13H2,(H,25,29)(H,30,31)(H,26,28,32). The first-order valence-corrected chi connectivity index (χ1v) is 10.6. The van der Waals surface area contributed by atoms with E-state index in [-0.39, 0.29) is 30.5 Å². The Balaban J connectivity index is 1.41. The molecule has 1 heterocycles. The van der Waals surface area contributed by atoms with E-state index in [0.29, 0.717) is 6.42 Å². The molecule has 4 rings (SSSR count). The van der Waals surface area contributed by atoms with Gasteiger partial charge in [0.25, 0.3) is 5.91 Å². The normalized spacial score (nSPS) is 12.8. The van der Waals surface area contributed by atoms with E-state index in [1.165, 1.54) is 0 Å². The third-order valence-corrected chi connectivity index (χ3v) is 5.53. The molecular weight excluding hydrogens is 440 g/mol. The van der Waals surface area contributed by atoms with Crippen molar-refractivity contribution in [2.75, 3.05) is 11.9 Å². The number of carboxylic acid groups (broad SMARTS) is 1. The molecule has 0 saturated heterocycles. The summed E-state index contributed by atoms with van der Waals surface area (Å²) in [6.07, 6.45) is 1.22. The summed E-state index contributed by atoms with van der Waals surface area (Å²) in [5, 5.41) is 20.9. The van der Waals surface area contributed by atoms with Gasteiger partial charge in [-0.2, -0.15) is 0 Å². The van der Waals surface area contributed by atoms with Crippen LogP contribution in [0.15, 0.2) is 65.8 Å². The van der Waals surface area contributed by atoms with Crippen molar-refractivity contribution in [3.05, 3.63) is 78.0 Å². The summed E-state index contributed by atoms with van der Waals surface area (Å²) < 4.78 is 9.99. The fourth-order valence-corrected chi connectivity index (χ4v) is 3.92. The zero-order chi connectivity index (χ0) is 24.1. The fraction of sp³-hybridized carbons (Fsp3) is 0.208. The van der Waals surface area contributed by atoms with Crippen LogP contribution in [0.2, 0.25) is 0 Å². The van der Waals surface area contributed by atoms with E-state index in [4.69, 9.17) is 4.74 Å². The molecule has 0 saturated carbocycles. The van der Waals surface area contributed by atoms with Crippen molar-refractivity contribution in [1.82, 2.24) is 15.6 Å². The number of amides is 2. The van der Waals surface area contributed by atoms with Crippen molar-refractivity contribution in [3.8, 4) is 11.1 Å². The monoisotopic (exact) mass is 462 g/mol. The first-order valence-electron chi connectivity index (χ1n) is 10.6. The van der Waals surface area contributed by atoms with Gasteiger partial charge in [-0.3, -0.25) is 10.1 Å². The van der Waals surface area contributed by atoms with Crippen LogP contribution in [0, 0.1) is 0 Å². The fourth-order valence-electron chi connectivity index (χ4n) is 3.92. The van der Waals surface area contributed by atoms with E-state index in [9.17, 15) is 19.5 Å². The zero-order valence-electron chi connectivity index (χ0n) is 18.1. The van der Waals surface area contributed by atoms with E-state index < -0.39 is 24.0 Å². The molecular formula is C24H22N4O6. The molecule has 10 nitrogen and oxygen atoms in total. The number of hydrogen-bond acceptors (Lipinski definition) is 7. The predicted molar refractivity (Wildman–Crippen MR) is 121 cm³/mol. The van der Waals surface area contributed by atoms with Crippen LogP contribution in [-0.2, 0) is 9.53 Å². The number of carboxylic acids is 1. The summed E-state index contributed by atoms with van der Waals surface area (Å²) in [5.74, 6) is -2.48. The van der Waals surface area contributed by atoms with Crippen LogP contribution in [0.5, 0.6) is 0 Å². The molecule has 2 amide bonds. The number of fused-ring (bicyclic) bond motifs is 3. The predicted octanol–water partition coefficient (Wildman–Crippen LogP) is 3.58. The molecule has 0 radical (unpaired) electrons. The number of aromatic nitrogens is 2. The van der Waals surface area contributed by atoms with Gasteiger partial charge in [0.15, 0.2) is 0 Å². The molecule has 174 valence electrons. The van der Waals surface area contributed by atoms with Crippen LogP contribution < -0.4 is 10.6 Å². The summed E-state index contributed by atoms with van der Waals surface area (Å²) in [4.78, 5) is 36.3. The van der Waals surface area contributed by atoms with Crippen LogP contribution >= 0.6 is 0 Å². The summed E-state index contributed by atoms with van der Waals surface area (Å²) in [6.45, 7) is 3.60. The second-order valence-electron chi connectivity index (χ2n) is 7.64. The number of carbonyl (C=O) groups is 3. The van der Waals surface area contributed by atoms with Crippen molar-refractivity contribution in [3.63, 3.8) is 0 Å². The Morgan fingerprint density at radius 1 is 1.09 bits per heavy atom. The van der Waals surface area contributed by atoms with Gasteiger partial charge in [-0.05, 0) is 45.4 Å². The Labute approximate surface area is 194 Å². The highest BCUT2D eigenvalue weighted by atomic mass is 16.6. The van der Waals surface area contributed by atoms with E-state index in [0.717, 1.165) is 22.3 Å². The molecule has 0 spiro atoms. The lowest BCUT2D eigenvalue weighted by molar-refractivity contribution is -0.139. The van der Waals surface area contributed by atoms with Crippen molar-refractivity contribution < 1.29 is 28.9 Å². The molecule has 0 fully saturated rings. The van der Waals surface area contributed by atoms with Crippen LogP contribution in [-0.4, -0.2) is 46.0 Å². The average Bonchev–Trinajstić information content (AvgIpc) is 3.42. The van der Waals surface area contributed by atoms with E-state index in [1.54, 1.807) is 6.08 Å². The molecule has 0 aliphatic heterocycles. The first kappa shape index (κ1) is 22.7. The van der Waals surface area contributed by atoms with Gasteiger partial charge in [0.1, 0.15) is 12.6 Å². The summed E-state index contributed by atoms with van der Waals surface area (Å²) in [5.41, 5.74) is 3.93. The highest BCUT2D eigenvalue weighted by Gasteiger charge is 2.30. The van der Waals surface area contributed by atoms with E-state index in [1.807, 2.05) is 48.5 Å². The van der Waals surface area contributed by atoms with E-state index >= 15 is 0 Å². The lowest BCUT2D eigenvalue weighted by Crippen LogP contribution is -2.41. The number of benzene rings is 2. The number of anilines is 1. The Bertz CT molecular complexity index is 1190. The number of rotatable bonds is 9. The molecule has 1 unspecified atom stereocenters. The summed E-state index contributed by atoms with van der Waals surface area (Å²) >= 11 is 0. The topological polar surface area (TPSA) is 144 Å². The highest BCUT2D eigenvalue weighted by Crippen LogP contribution is 2.44. The van der Waals surface area contributed by atoms with Crippen LogP contribution in [0.25, 0.3) is 11.1 Å². The minimum absolute atomic E-state index is 0.0648. The van der Waals surface area contributed by atoms with Crippen LogP contribution in [0.1, 0.15) is 40.4 Å². The van der Waals surface area contributed by atoms with Crippen LogP contribution in [0.3, 0.4) is 0 Å². The van der Waals surface area contributed by atoms with Gasteiger partial charge in [-0.15, -0.1) is 6.58 Å². The number of aliphatic carboxylic acids is 1. The number of hydrogen-bond donors (Lipinski definition) is 3. The maximum absolute atomic E-state index is 12.5. The van der Waals surface area contributed by atoms with Crippen molar-refractivity contribution >= 4 is 23.8 Å². The molecule has 10 heteroatoms. The smallest absolute Gasteiger partial charge is 0.412 e. The van der Waals surface area contributed by atoms with Crippen molar-refractivity contribution in [1.29, 1.82) is 0 Å². The van der Waals surface area contributed by atoms with E-state index in [2.05, 4.69) is 32.2 Å². The number of carbonyl (C=O) groups excluding carboxylic acids is 2. The molecule has 2 aromatic carbocycles. The van der Waals surface area contributed by atoms with Crippen molar-refractivity contribution in [2.45, 2.75) is 24.8 Å². The molecule has 34 heavy (non-hydrogen) atoms. The maximum Gasteiger partial charge on any atom is 0.412 e. The second-order valence-corrected chi connectivity index (χ2v) is 7.64. The molecule has 3 aromatic rings. The maximum atomic E-state index is 12.5. The molecule has 1 aromatic heterocycles. The number of nitrogens with zero attached hydrogens (tertiary/aromatic N) is 2. The van der Waals surface area contributed by atoms with Gasteiger partial charge in [0, 0.05) is 5.92 Å². The third-order valence-electron chi connectivity index (χ3n) is 5.53. The van der Waals surface area contributed by atoms with Gasteiger partial charge >= 0.3 is 12.1 Å². The Morgan fingerprint density at radius 2 is 1.74 bits per heavy atom. The molecule has 0 bridgehead atoms.